The van der Waals surface area contributed by atoms with Crippen molar-refractivity contribution >= 4 is 22.6 Å². The third kappa shape index (κ3) is 4.06. The SMILES string of the molecule is COC(=O)[C@@H](Cc1cccnc1OC)NC(=O)c1cccc2ccccc12. The van der Waals surface area contributed by atoms with Crippen molar-refractivity contribution in [2.75, 3.05) is 14.2 Å². The number of nitrogens with one attached hydrogen (secondary N) is 1. The molecule has 6 nitrogen and oxygen atoms in total. The monoisotopic (exact) mass is 364 g/mol. The number of pyridine rings is 1. The van der Waals surface area contributed by atoms with Crippen LogP contribution in [0, 0.1) is 0 Å². The lowest BCUT2D eigenvalue weighted by molar-refractivity contribution is -0.142. The fraction of sp³-hybridized carbons (Fsp3) is 0.190. The van der Waals surface area contributed by atoms with Gasteiger partial charge in [-0.05, 0) is 22.9 Å². The molecule has 3 rings (SSSR count). The molecule has 0 aliphatic carbocycles. The van der Waals surface area contributed by atoms with E-state index < -0.39 is 12.0 Å². The predicted molar refractivity (Wildman–Crippen MR) is 102 cm³/mol. The number of ether oxygens (including phenoxy) is 2. The van der Waals surface area contributed by atoms with E-state index in [4.69, 9.17) is 9.47 Å². The van der Waals surface area contributed by atoms with Crippen molar-refractivity contribution < 1.29 is 19.1 Å². The van der Waals surface area contributed by atoms with Crippen LogP contribution in [0.4, 0.5) is 0 Å². The molecule has 1 N–H and O–H groups in total. The molecule has 0 bridgehead atoms. The van der Waals surface area contributed by atoms with Crippen LogP contribution in [-0.4, -0.2) is 37.1 Å². The van der Waals surface area contributed by atoms with Crippen molar-refractivity contribution in [2.24, 2.45) is 0 Å². The average molecular weight is 364 g/mol. The van der Waals surface area contributed by atoms with Crippen molar-refractivity contribution in [3.05, 3.63) is 71.9 Å². The number of hydrogen-bond donors (Lipinski definition) is 1. The third-order valence-electron chi connectivity index (χ3n) is 4.29. The van der Waals surface area contributed by atoms with E-state index in [1.807, 2.05) is 36.4 Å². The normalized spacial score (nSPS) is 11.6. The Balaban J connectivity index is 1.88. The Morgan fingerprint density at radius 2 is 1.81 bits per heavy atom. The summed E-state index contributed by atoms with van der Waals surface area (Å²) in [6.45, 7) is 0. The Bertz CT molecular complexity index is 966. The van der Waals surface area contributed by atoms with E-state index in [0.717, 1.165) is 10.8 Å². The highest BCUT2D eigenvalue weighted by molar-refractivity contribution is 6.08. The van der Waals surface area contributed by atoms with Crippen molar-refractivity contribution in [1.29, 1.82) is 0 Å². The highest BCUT2D eigenvalue weighted by atomic mass is 16.5. The summed E-state index contributed by atoms with van der Waals surface area (Å²) in [6.07, 6.45) is 1.81. The first-order chi connectivity index (χ1) is 13.1. The molecule has 1 amide bonds. The van der Waals surface area contributed by atoms with Crippen LogP contribution in [0.25, 0.3) is 10.8 Å². The zero-order valence-electron chi connectivity index (χ0n) is 15.1. The van der Waals surface area contributed by atoms with Gasteiger partial charge in [0.05, 0.1) is 14.2 Å². The molecule has 0 saturated heterocycles. The highest BCUT2D eigenvalue weighted by Crippen LogP contribution is 2.20. The van der Waals surface area contributed by atoms with Crippen molar-refractivity contribution in [3.8, 4) is 5.88 Å². The van der Waals surface area contributed by atoms with E-state index in [1.54, 1.807) is 24.4 Å². The topological polar surface area (TPSA) is 77.5 Å². The maximum atomic E-state index is 12.9. The van der Waals surface area contributed by atoms with E-state index in [1.165, 1.54) is 14.2 Å². The highest BCUT2D eigenvalue weighted by Gasteiger charge is 2.25. The molecule has 1 heterocycles. The summed E-state index contributed by atoms with van der Waals surface area (Å²) in [5.41, 5.74) is 1.20. The van der Waals surface area contributed by atoms with Gasteiger partial charge in [0.15, 0.2) is 0 Å². The summed E-state index contributed by atoms with van der Waals surface area (Å²) in [5, 5.41) is 4.55. The Morgan fingerprint density at radius 3 is 2.59 bits per heavy atom. The van der Waals surface area contributed by atoms with Crippen LogP contribution in [0.3, 0.4) is 0 Å². The standard InChI is InChI=1S/C21H20N2O4/c1-26-20-15(9-6-12-22-20)13-18(21(25)27-2)23-19(24)17-11-5-8-14-7-3-4-10-16(14)17/h3-12,18H,13H2,1-2H3,(H,23,24)/t18-/m1/s1. The van der Waals surface area contributed by atoms with Gasteiger partial charge < -0.3 is 14.8 Å². The van der Waals surface area contributed by atoms with E-state index >= 15 is 0 Å². The van der Waals surface area contributed by atoms with Gasteiger partial charge in [0.2, 0.25) is 5.88 Å². The van der Waals surface area contributed by atoms with Crippen LogP contribution in [0.15, 0.2) is 60.8 Å². The molecule has 3 aromatic rings. The molecule has 1 atom stereocenters. The van der Waals surface area contributed by atoms with Gasteiger partial charge in [-0.1, -0.05) is 42.5 Å². The van der Waals surface area contributed by atoms with Crippen LogP contribution in [-0.2, 0) is 16.0 Å². The zero-order valence-corrected chi connectivity index (χ0v) is 15.1. The summed E-state index contributed by atoms with van der Waals surface area (Å²) >= 11 is 0. The van der Waals surface area contributed by atoms with E-state index in [9.17, 15) is 9.59 Å². The number of carbonyl (C=O) groups excluding carboxylic acids is 2. The average Bonchev–Trinajstić information content (AvgIpc) is 2.72. The molecule has 0 unspecified atom stereocenters. The summed E-state index contributed by atoms with van der Waals surface area (Å²) < 4.78 is 10.1. The van der Waals surface area contributed by atoms with Crippen LogP contribution in [0.2, 0.25) is 0 Å². The molecule has 0 fully saturated rings. The van der Waals surface area contributed by atoms with Crippen LogP contribution < -0.4 is 10.1 Å². The summed E-state index contributed by atoms with van der Waals surface area (Å²) in [7, 11) is 2.80. The largest absolute Gasteiger partial charge is 0.481 e. The number of carbonyl (C=O) groups is 2. The summed E-state index contributed by atoms with van der Waals surface area (Å²) in [6, 6.07) is 15.8. The van der Waals surface area contributed by atoms with E-state index in [2.05, 4.69) is 10.3 Å². The summed E-state index contributed by atoms with van der Waals surface area (Å²) in [5.74, 6) is -0.467. The molecule has 27 heavy (non-hydrogen) atoms. The molecule has 0 spiro atoms. The smallest absolute Gasteiger partial charge is 0.328 e. The van der Waals surface area contributed by atoms with Crippen molar-refractivity contribution in [1.82, 2.24) is 10.3 Å². The molecule has 0 saturated carbocycles. The number of rotatable bonds is 6. The van der Waals surface area contributed by atoms with Gasteiger partial charge in [0.1, 0.15) is 6.04 Å². The number of nitrogens with zero attached hydrogens (tertiary/aromatic N) is 1. The quantitative estimate of drug-likeness (QED) is 0.681. The second-order valence-corrected chi connectivity index (χ2v) is 5.95. The van der Waals surface area contributed by atoms with E-state index in [-0.39, 0.29) is 12.3 Å². The maximum Gasteiger partial charge on any atom is 0.328 e. The predicted octanol–water partition coefficient (Wildman–Crippen LogP) is 2.76. The first kappa shape index (κ1) is 18.4. The minimum Gasteiger partial charge on any atom is -0.481 e. The lowest BCUT2D eigenvalue weighted by Gasteiger charge is -2.18. The Hall–Kier alpha value is -3.41. The number of aromatic nitrogens is 1. The van der Waals surface area contributed by atoms with Gasteiger partial charge in [-0.25, -0.2) is 9.78 Å². The number of hydrogen-bond acceptors (Lipinski definition) is 5. The number of methoxy groups -OCH3 is 2. The second-order valence-electron chi connectivity index (χ2n) is 5.95. The van der Waals surface area contributed by atoms with Gasteiger partial charge in [0.25, 0.3) is 5.91 Å². The fourth-order valence-corrected chi connectivity index (χ4v) is 2.98. The van der Waals surface area contributed by atoms with Crippen LogP contribution >= 0.6 is 0 Å². The minimum absolute atomic E-state index is 0.209. The van der Waals surface area contributed by atoms with Crippen LogP contribution in [0.5, 0.6) is 5.88 Å². The molecule has 6 heteroatoms. The van der Waals surface area contributed by atoms with Gasteiger partial charge in [-0.3, -0.25) is 4.79 Å². The number of fused-ring (bicyclic) bond motifs is 1. The van der Waals surface area contributed by atoms with Gasteiger partial charge >= 0.3 is 5.97 Å². The lowest BCUT2D eigenvalue weighted by atomic mass is 10.0. The fourth-order valence-electron chi connectivity index (χ4n) is 2.98. The Labute approximate surface area is 157 Å². The number of benzene rings is 2. The lowest BCUT2D eigenvalue weighted by Crippen LogP contribution is -2.43. The maximum absolute atomic E-state index is 12.9. The molecule has 0 radical (unpaired) electrons. The van der Waals surface area contributed by atoms with Crippen LogP contribution in [0.1, 0.15) is 15.9 Å². The Morgan fingerprint density at radius 1 is 1.04 bits per heavy atom. The molecular formula is C21H20N2O4. The Kier molecular flexibility index (Phi) is 5.66. The molecule has 1 aromatic heterocycles. The zero-order chi connectivity index (χ0) is 19.2. The molecule has 0 aliphatic heterocycles. The number of amides is 1. The van der Waals surface area contributed by atoms with Crippen molar-refractivity contribution in [2.45, 2.75) is 12.5 Å². The molecule has 0 aliphatic rings. The second kappa shape index (κ2) is 8.31. The third-order valence-corrected chi connectivity index (χ3v) is 4.29. The molecule has 2 aromatic carbocycles. The first-order valence-electron chi connectivity index (χ1n) is 8.48. The van der Waals surface area contributed by atoms with Gasteiger partial charge in [-0.2, -0.15) is 0 Å². The van der Waals surface area contributed by atoms with E-state index in [0.29, 0.717) is 17.0 Å². The van der Waals surface area contributed by atoms with Gasteiger partial charge in [0, 0.05) is 23.7 Å². The minimum atomic E-state index is -0.862. The number of esters is 1. The van der Waals surface area contributed by atoms with Gasteiger partial charge in [-0.15, -0.1) is 0 Å². The molecular weight excluding hydrogens is 344 g/mol. The van der Waals surface area contributed by atoms with Crippen molar-refractivity contribution in [3.63, 3.8) is 0 Å². The molecule has 138 valence electrons. The first-order valence-corrected chi connectivity index (χ1v) is 8.48. The summed E-state index contributed by atoms with van der Waals surface area (Å²) in [4.78, 5) is 29.2.